The molecule has 1 aromatic carbocycles. The Morgan fingerprint density at radius 3 is 1.10 bits per heavy atom. The number of rotatable bonds is 3. The lowest BCUT2D eigenvalue weighted by atomic mass is 10.0. The standard InChI is InChI=1S/C15H12N6/c1-2-17-13(16-1)10-7-11(14-18-3-4-19-14)9-12(8-10)15-20-5-6-21-15/h1-9H,(H,16,17)(H,18,19)(H,20,21). The molecule has 6 heteroatoms. The summed E-state index contributed by atoms with van der Waals surface area (Å²) >= 11 is 0. The summed E-state index contributed by atoms with van der Waals surface area (Å²) in [6, 6.07) is 6.14. The van der Waals surface area contributed by atoms with Gasteiger partial charge in [-0.25, -0.2) is 15.0 Å². The number of hydrogen-bond acceptors (Lipinski definition) is 3. The van der Waals surface area contributed by atoms with Crippen LogP contribution in [-0.4, -0.2) is 29.9 Å². The lowest BCUT2D eigenvalue weighted by molar-refractivity contribution is 1.27. The summed E-state index contributed by atoms with van der Waals surface area (Å²) in [4.78, 5) is 22.3. The van der Waals surface area contributed by atoms with Gasteiger partial charge in [-0.1, -0.05) is 0 Å². The highest BCUT2D eigenvalue weighted by Crippen LogP contribution is 2.28. The highest BCUT2D eigenvalue weighted by Gasteiger charge is 2.10. The van der Waals surface area contributed by atoms with Crippen LogP contribution in [0.1, 0.15) is 0 Å². The lowest BCUT2D eigenvalue weighted by Gasteiger charge is -2.06. The van der Waals surface area contributed by atoms with E-state index in [4.69, 9.17) is 0 Å². The van der Waals surface area contributed by atoms with E-state index in [9.17, 15) is 0 Å². The molecule has 0 saturated heterocycles. The molecule has 0 atom stereocenters. The smallest absolute Gasteiger partial charge is 0.137 e. The number of imidazole rings is 3. The first-order valence-electron chi connectivity index (χ1n) is 6.54. The Bertz CT molecular complexity index is 701. The molecule has 4 rings (SSSR count). The predicted octanol–water partition coefficient (Wildman–Crippen LogP) is 2.86. The summed E-state index contributed by atoms with van der Waals surface area (Å²) in [6.07, 6.45) is 10.6. The molecule has 0 spiro atoms. The summed E-state index contributed by atoms with van der Waals surface area (Å²) in [5.41, 5.74) is 2.96. The van der Waals surface area contributed by atoms with E-state index < -0.39 is 0 Å². The fourth-order valence-corrected chi connectivity index (χ4v) is 2.31. The molecule has 0 saturated carbocycles. The van der Waals surface area contributed by atoms with Crippen molar-refractivity contribution >= 4 is 0 Å². The first kappa shape index (κ1) is 11.7. The summed E-state index contributed by atoms with van der Waals surface area (Å²) in [7, 11) is 0. The number of H-pyrrole nitrogens is 3. The molecule has 0 aliphatic rings. The average molecular weight is 276 g/mol. The third kappa shape index (κ3) is 2.12. The van der Waals surface area contributed by atoms with Crippen molar-refractivity contribution in [1.29, 1.82) is 0 Å². The fourth-order valence-electron chi connectivity index (χ4n) is 2.31. The number of nitrogens with one attached hydrogen (secondary N) is 3. The first-order chi connectivity index (χ1) is 10.4. The lowest BCUT2D eigenvalue weighted by Crippen LogP contribution is -1.89. The Labute approximate surface area is 120 Å². The van der Waals surface area contributed by atoms with E-state index in [1.165, 1.54) is 0 Å². The van der Waals surface area contributed by atoms with E-state index in [0.29, 0.717) is 0 Å². The molecule has 0 aliphatic heterocycles. The molecular weight excluding hydrogens is 264 g/mol. The normalized spacial score (nSPS) is 10.9. The Hall–Kier alpha value is -3.15. The number of aromatic nitrogens is 6. The molecular formula is C15H12N6. The summed E-state index contributed by atoms with van der Waals surface area (Å²) in [5.74, 6) is 2.45. The number of hydrogen-bond donors (Lipinski definition) is 3. The van der Waals surface area contributed by atoms with Gasteiger partial charge >= 0.3 is 0 Å². The van der Waals surface area contributed by atoms with Crippen LogP contribution in [-0.2, 0) is 0 Å². The number of nitrogens with zero attached hydrogens (tertiary/aromatic N) is 3. The Morgan fingerprint density at radius 2 is 0.857 bits per heavy atom. The maximum atomic E-state index is 4.31. The molecule has 0 radical (unpaired) electrons. The monoisotopic (exact) mass is 276 g/mol. The summed E-state index contributed by atoms with van der Waals surface area (Å²) in [6.45, 7) is 0. The highest BCUT2D eigenvalue weighted by molar-refractivity contribution is 5.74. The second-order valence-electron chi connectivity index (χ2n) is 4.61. The van der Waals surface area contributed by atoms with Crippen molar-refractivity contribution in [2.24, 2.45) is 0 Å². The molecule has 3 aromatic heterocycles. The Balaban J connectivity index is 1.92. The quantitative estimate of drug-likeness (QED) is 0.537. The maximum Gasteiger partial charge on any atom is 0.137 e. The number of benzene rings is 1. The highest BCUT2D eigenvalue weighted by atomic mass is 14.9. The van der Waals surface area contributed by atoms with Crippen LogP contribution in [0.3, 0.4) is 0 Å². The number of aromatic amines is 3. The minimum atomic E-state index is 0.816. The zero-order chi connectivity index (χ0) is 14.1. The van der Waals surface area contributed by atoms with Gasteiger partial charge in [0.15, 0.2) is 0 Å². The van der Waals surface area contributed by atoms with E-state index in [1.807, 2.05) is 36.8 Å². The fraction of sp³-hybridized carbons (Fsp3) is 0. The van der Waals surface area contributed by atoms with E-state index in [1.54, 1.807) is 18.6 Å². The summed E-state index contributed by atoms with van der Waals surface area (Å²) < 4.78 is 0. The SMILES string of the molecule is c1c[nH]c(-c2cc(-c3ncc[nH]3)cc(-c3ncc[nH]3)c2)n1. The minimum Gasteiger partial charge on any atom is -0.345 e. The molecule has 4 aromatic rings. The van der Waals surface area contributed by atoms with Crippen molar-refractivity contribution in [2.45, 2.75) is 0 Å². The van der Waals surface area contributed by atoms with Crippen molar-refractivity contribution in [3.8, 4) is 34.2 Å². The second kappa shape index (κ2) is 4.75. The van der Waals surface area contributed by atoms with E-state index in [2.05, 4.69) is 29.9 Å². The Morgan fingerprint density at radius 1 is 0.524 bits per heavy atom. The zero-order valence-corrected chi connectivity index (χ0v) is 11.0. The van der Waals surface area contributed by atoms with Gasteiger partial charge < -0.3 is 15.0 Å². The molecule has 0 aliphatic carbocycles. The van der Waals surface area contributed by atoms with Crippen LogP contribution in [0.5, 0.6) is 0 Å². The van der Waals surface area contributed by atoms with Crippen LogP contribution < -0.4 is 0 Å². The van der Waals surface area contributed by atoms with Crippen LogP contribution >= 0.6 is 0 Å². The van der Waals surface area contributed by atoms with Crippen molar-refractivity contribution in [3.05, 3.63) is 55.4 Å². The van der Waals surface area contributed by atoms with Crippen molar-refractivity contribution in [3.63, 3.8) is 0 Å². The van der Waals surface area contributed by atoms with Gasteiger partial charge in [0.2, 0.25) is 0 Å². The van der Waals surface area contributed by atoms with Crippen LogP contribution in [0.2, 0.25) is 0 Å². The Kier molecular flexibility index (Phi) is 2.64. The van der Waals surface area contributed by atoms with Gasteiger partial charge in [0.05, 0.1) is 0 Å². The third-order valence-corrected chi connectivity index (χ3v) is 3.25. The largest absolute Gasteiger partial charge is 0.345 e. The van der Waals surface area contributed by atoms with Gasteiger partial charge in [0, 0.05) is 53.9 Å². The average Bonchev–Trinajstić information content (AvgIpc) is 3.29. The molecule has 102 valence electrons. The topological polar surface area (TPSA) is 86.0 Å². The van der Waals surface area contributed by atoms with Gasteiger partial charge in [0.25, 0.3) is 0 Å². The molecule has 21 heavy (non-hydrogen) atoms. The molecule has 0 unspecified atom stereocenters. The van der Waals surface area contributed by atoms with Gasteiger partial charge in [-0.05, 0) is 18.2 Å². The predicted molar refractivity (Wildman–Crippen MR) is 79.2 cm³/mol. The second-order valence-corrected chi connectivity index (χ2v) is 4.61. The van der Waals surface area contributed by atoms with Gasteiger partial charge in [-0.3, -0.25) is 0 Å². The molecule has 3 heterocycles. The maximum absolute atomic E-state index is 4.31. The van der Waals surface area contributed by atoms with Crippen LogP contribution in [0, 0.1) is 0 Å². The van der Waals surface area contributed by atoms with Crippen LogP contribution in [0.4, 0.5) is 0 Å². The van der Waals surface area contributed by atoms with E-state index >= 15 is 0 Å². The first-order valence-corrected chi connectivity index (χ1v) is 6.54. The van der Waals surface area contributed by atoms with Gasteiger partial charge in [-0.2, -0.15) is 0 Å². The van der Waals surface area contributed by atoms with Crippen LogP contribution in [0.25, 0.3) is 34.2 Å². The molecule has 0 bridgehead atoms. The third-order valence-electron chi connectivity index (χ3n) is 3.25. The van der Waals surface area contributed by atoms with Crippen molar-refractivity contribution in [1.82, 2.24) is 29.9 Å². The van der Waals surface area contributed by atoms with Crippen molar-refractivity contribution in [2.75, 3.05) is 0 Å². The molecule has 0 amide bonds. The van der Waals surface area contributed by atoms with Crippen LogP contribution in [0.15, 0.2) is 55.4 Å². The van der Waals surface area contributed by atoms with Crippen molar-refractivity contribution < 1.29 is 0 Å². The van der Waals surface area contributed by atoms with E-state index in [-0.39, 0.29) is 0 Å². The minimum absolute atomic E-state index is 0.816. The zero-order valence-electron chi connectivity index (χ0n) is 11.0. The molecule has 6 nitrogen and oxygen atoms in total. The van der Waals surface area contributed by atoms with Gasteiger partial charge in [-0.15, -0.1) is 0 Å². The van der Waals surface area contributed by atoms with Gasteiger partial charge in [0.1, 0.15) is 17.5 Å². The van der Waals surface area contributed by atoms with E-state index in [0.717, 1.165) is 34.2 Å². The summed E-state index contributed by atoms with van der Waals surface area (Å²) in [5, 5.41) is 0. The molecule has 0 fully saturated rings. The molecule has 3 N–H and O–H groups in total.